The Balaban J connectivity index is 3.31. The average molecular weight is 285 g/mol. The predicted molar refractivity (Wildman–Crippen MR) is 51.7 cm³/mol. The van der Waals surface area contributed by atoms with E-state index in [0.717, 1.165) is 0 Å². The fourth-order valence-corrected chi connectivity index (χ4v) is 1.44. The van der Waals surface area contributed by atoms with E-state index in [1.165, 1.54) is 6.92 Å². The number of hydrogen-bond acceptors (Lipinski definition) is 2. The fourth-order valence-electron chi connectivity index (χ4n) is 1.14. The topological polar surface area (TPSA) is 34.9 Å². The molecule has 7 heteroatoms. The van der Waals surface area contributed by atoms with Crippen molar-refractivity contribution in [3.05, 3.63) is 26.3 Å². The molecular weight excluding hydrogens is 277 g/mol. The molecular formula is C8H8BrF3N2O. The normalized spacial score (nSPS) is 11.9. The highest BCUT2D eigenvalue weighted by molar-refractivity contribution is 9.10. The van der Waals surface area contributed by atoms with Crippen molar-refractivity contribution in [1.82, 2.24) is 9.55 Å². The summed E-state index contributed by atoms with van der Waals surface area (Å²) >= 11 is 3.08. The van der Waals surface area contributed by atoms with Crippen molar-refractivity contribution in [2.24, 2.45) is 0 Å². The Bertz CT molecular complexity index is 439. The minimum Gasteiger partial charge on any atom is -0.286 e. The van der Waals surface area contributed by atoms with Crippen LogP contribution in [0.3, 0.4) is 0 Å². The molecule has 0 amide bonds. The van der Waals surface area contributed by atoms with Crippen LogP contribution < -0.4 is 5.69 Å². The number of nitrogens with zero attached hydrogens (tertiary/aromatic N) is 2. The molecule has 0 spiro atoms. The highest BCUT2D eigenvalue weighted by atomic mass is 79.9. The highest BCUT2D eigenvalue weighted by Crippen LogP contribution is 2.21. The largest absolute Gasteiger partial charge is 0.406 e. The maximum atomic E-state index is 12.1. The summed E-state index contributed by atoms with van der Waals surface area (Å²) in [6.07, 6.45) is -4.43. The van der Waals surface area contributed by atoms with E-state index in [1.807, 2.05) is 0 Å². The first-order valence-corrected chi connectivity index (χ1v) is 4.82. The average Bonchev–Trinajstić information content (AvgIpc) is 2.07. The molecule has 3 nitrogen and oxygen atoms in total. The smallest absolute Gasteiger partial charge is 0.286 e. The molecule has 15 heavy (non-hydrogen) atoms. The lowest BCUT2D eigenvalue weighted by molar-refractivity contribution is -0.141. The standard InChI is InChI=1S/C8H8BrF3N2O/c1-4-6(9)5(2)14(7(15)13-4)3-8(10,11)12/h3H2,1-2H3. The zero-order chi connectivity index (χ0) is 11.8. The Labute approximate surface area is 92.1 Å². The van der Waals surface area contributed by atoms with E-state index in [0.29, 0.717) is 14.7 Å². The second-order valence-electron chi connectivity index (χ2n) is 3.08. The molecule has 1 aromatic rings. The highest BCUT2D eigenvalue weighted by Gasteiger charge is 2.29. The van der Waals surface area contributed by atoms with Crippen LogP contribution >= 0.6 is 15.9 Å². The molecule has 1 aromatic heterocycles. The Morgan fingerprint density at radius 2 is 1.93 bits per heavy atom. The molecule has 1 heterocycles. The number of hydrogen-bond donors (Lipinski definition) is 0. The van der Waals surface area contributed by atoms with Gasteiger partial charge in [0.05, 0.1) is 10.2 Å². The molecule has 0 radical (unpaired) electrons. The molecule has 0 atom stereocenters. The van der Waals surface area contributed by atoms with Crippen LogP contribution in [-0.2, 0) is 6.54 Å². The quantitative estimate of drug-likeness (QED) is 0.792. The summed E-state index contributed by atoms with van der Waals surface area (Å²) < 4.78 is 37.4. The molecule has 0 fully saturated rings. The van der Waals surface area contributed by atoms with E-state index in [9.17, 15) is 18.0 Å². The van der Waals surface area contributed by atoms with E-state index in [4.69, 9.17) is 0 Å². The van der Waals surface area contributed by atoms with Crippen LogP contribution in [0.2, 0.25) is 0 Å². The number of alkyl halides is 3. The molecule has 0 aliphatic heterocycles. The van der Waals surface area contributed by atoms with Crippen molar-refractivity contribution in [2.75, 3.05) is 0 Å². The van der Waals surface area contributed by atoms with Gasteiger partial charge in [-0.25, -0.2) is 4.79 Å². The minimum absolute atomic E-state index is 0.227. The summed E-state index contributed by atoms with van der Waals surface area (Å²) in [6.45, 7) is 1.67. The Morgan fingerprint density at radius 3 is 2.40 bits per heavy atom. The van der Waals surface area contributed by atoms with Gasteiger partial charge in [-0.3, -0.25) is 4.57 Å². The van der Waals surface area contributed by atoms with Gasteiger partial charge in [-0.1, -0.05) is 0 Å². The molecule has 0 aliphatic rings. The fraction of sp³-hybridized carbons (Fsp3) is 0.500. The summed E-state index contributed by atoms with van der Waals surface area (Å²) in [5, 5.41) is 0. The third-order valence-corrected chi connectivity index (χ3v) is 3.02. The number of aryl methyl sites for hydroxylation is 1. The van der Waals surface area contributed by atoms with Gasteiger partial charge in [0.15, 0.2) is 0 Å². The molecule has 0 aromatic carbocycles. The predicted octanol–water partition coefficient (Wildman–Crippen LogP) is 2.18. The van der Waals surface area contributed by atoms with Gasteiger partial charge in [-0.05, 0) is 29.8 Å². The zero-order valence-electron chi connectivity index (χ0n) is 8.02. The number of halogens is 4. The Kier molecular flexibility index (Phi) is 3.22. The lowest BCUT2D eigenvalue weighted by Gasteiger charge is -2.13. The number of aromatic nitrogens is 2. The lowest BCUT2D eigenvalue weighted by Crippen LogP contribution is -2.32. The molecule has 0 N–H and O–H groups in total. The third-order valence-electron chi connectivity index (χ3n) is 1.87. The van der Waals surface area contributed by atoms with Crippen LogP contribution in [0.5, 0.6) is 0 Å². The maximum Gasteiger partial charge on any atom is 0.406 e. The van der Waals surface area contributed by atoms with Crippen molar-refractivity contribution < 1.29 is 13.2 Å². The summed E-state index contributed by atoms with van der Waals surface area (Å²) in [5.41, 5.74) is -0.272. The van der Waals surface area contributed by atoms with Gasteiger partial charge < -0.3 is 0 Å². The molecule has 0 unspecified atom stereocenters. The van der Waals surface area contributed by atoms with Crippen molar-refractivity contribution in [2.45, 2.75) is 26.6 Å². The van der Waals surface area contributed by atoms with E-state index < -0.39 is 18.4 Å². The zero-order valence-corrected chi connectivity index (χ0v) is 9.61. The van der Waals surface area contributed by atoms with E-state index >= 15 is 0 Å². The monoisotopic (exact) mass is 284 g/mol. The van der Waals surface area contributed by atoms with Gasteiger partial charge in [-0.2, -0.15) is 18.2 Å². The molecule has 0 saturated heterocycles. The van der Waals surface area contributed by atoms with E-state index in [1.54, 1.807) is 6.92 Å². The van der Waals surface area contributed by atoms with Crippen molar-refractivity contribution in [3.63, 3.8) is 0 Å². The minimum atomic E-state index is -4.43. The summed E-state index contributed by atoms with van der Waals surface area (Å²) in [7, 11) is 0. The van der Waals surface area contributed by atoms with Gasteiger partial charge >= 0.3 is 11.9 Å². The molecule has 0 aliphatic carbocycles. The first kappa shape index (κ1) is 12.2. The first-order chi connectivity index (χ1) is 6.72. The van der Waals surface area contributed by atoms with Crippen LogP contribution in [0.15, 0.2) is 9.27 Å². The summed E-state index contributed by atoms with van der Waals surface area (Å²) in [6, 6.07) is 0. The second-order valence-corrected chi connectivity index (χ2v) is 3.87. The van der Waals surface area contributed by atoms with Gasteiger partial charge in [0, 0.05) is 5.69 Å². The second kappa shape index (κ2) is 3.96. The molecule has 0 saturated carbocycles. The third kappa shape index (κ3) is 2.80. The van der Waals surface area contributed by atoms with Crippen molar-refractivity contribution in [3.8, 4) is 0 Å². The Morgan fingerprint density at radius 1 is 1.40 bits per heavy atom. The van der Waals surface area contributed by atoms with E-state index in [-0.39, 0.29) is 5.69 Å². The first-order valence-electron chi connectivity index (χ1n) is 4.02. The lowest BCUT2D eigenvalue weighted by atomic mass is 10.3. The summed E-state index contributed by atoms with van der Waals surface area (Å²) in [4.78, 5) is 14.7. The molecule has 84 valence electrons. The summed E-state index contributed by atoms with van der Waals surface area (Å²) in [5.74, 6) is 0. The van der Waals surface area contributed by atoms with Crippen LogP contribution in [0.25, 0.3) is 0 Å². The van der Waals surface area contributed by atoms with Gasteiger partial charge in [0.25, 0.3) is 0 Å². The van der Waals surface area contributed by atoms with Gasteiger partial charge in [0.2, 0.25) is 0 Å². The number of rotatable bonds is 1. The van der Waals surface area contributed by atoms with Gasteiger partial charge in [-0.15, -0.1) is 0 Å². The SMILES string of the molecule is Cc1nc(=O)n(CC(F)(F)F)c(C)c1Br. The van der Waals surface area contributed by atoms with Crippen LogP contribution in [0.1, 0.15) is 11.4 Å². The van der Waals surface area contributed by atoms with E-state index in [2.05, 4.69) is 20.9 Å². The van der Waals surface area contributed by atoms with Crippen LogP contribution in [-0.4, -0.2) is 15.7 Å². The Hall–Kier alpha value is -0.850. The van der Waals surface area contributed by atoms with Crippen molar-refractivity contribution >= 4 is 15.9 Å². The molecule has 0 bridgehead atoms. The van der Waals surface area contributed by atoms with Crippen LogP contribution in [0, 0.1) is 13.8 Å². The maximum absolute atomic E-state index is 12.1. The van der Waals surface area contributed by atoms with Gasteiger partial charge in [0.1, 0.15) is 6.54 Å². The molecule has 1 rings (SSSR count). The van der Waals surface area contributed by atoms with Crippen LogP contribution in [0.4, 0.5) is 13.2 Å². The van der Waals surface area contributed by atoms with Crippen molar-refractivity contribution in [1.29, 1.82) is 0 Å².